The molecule has 2 aromatic rings. The molecule has 5 heteroatoms. The number of hydrogen-bond acceptors (Lipinski definition) is 3. The summed E-state index contributed by atoms with van der Waals surface area (Å²) in [7, 11) is 1.74. The fraction of sp³-hybridized carbons (Fsp3) is 0.231. The molecule has 1 aromatic carbocycles. The number of nitrogens with zero attached hydrogens (tertiary/aromatic N) is 3. The summed E-state index contributed by atoms with van der Waals surface area (Å²) in [4.78, 5) is 0. The first kappa shape index (κ1) is 12.5. The van der Waals surface area contributed by atoms with Crippen LogP contribution in [0, 0.1) is 25.2 Å². The first-order valence-corrected chi connectivity index (χ1v) is 5.78. The lowest BCUT2D eigenvalue weighted by molar-refractivity contribution is 0.429. The van der Waals surface area contributed by atoms with E-state index in [2.05, 4.69) is 11.2 Å². The molecule has 4 nitrogen and oxygen atoms in total. The van der Waals surface area contributed by atoms with Crippen molar-refractivity contribution in [2.24, 2.45) is 7.05 Å². The lowest BCUT2D eigenvalue weighted by Gasteiger charge is -2.07. The third-order valence-electron chi connectivity index (χ3n) is 2.63. The smallest absolute Gasteiger partial charge is 0.235 e. The van der Waals surface area contributed by atoms with Gasteiger partial charge in [0.1, 0.15) is 17.4 Å². The van der Waals surface area contributed by atoms with Gasteiger partial charge in [0, 0.05) is 12.1 Å². The molecule has 18 heavy (non-hydrogen) atoms. The monoisotopic (exact) mass is 261 g/mol. The molecule has 0 aliphatic carbocycles. The van der Waals surface area contributed by atoms with Crippen LogP contribution in [0.1, 0.15) is 16.8 Å². The first-order chi connectivity index (χ1) is 8.52. The number of aryl methyl sites for hydroxylation is 3. The molecule has 0 amide bonds. The zero-order chi connectivity index (χ0) is 13.3. The molecule has 0 bridgehead atoms. The standard InChI is InChI=1S/C13H12ClN3O/c1-8-6-10(4-5-12(8)14)18-13-11(7-15)9(2)16-17(13)3/h4-6H,1-3H3. The minimum absolute atomic E-state index is 0.441. The van der Waals surface area contributed by atoms with E-state index in [1.54, 1.807) is 30.8 Å². The van der Waals surface area contributed by atoms with Crippen LogP contribution < -0.4 is 4.74 Å². The van der Waals surface area contributed by atoms with Crippen LogP contribution >= 0.6 is 11.6 Å². The van der Waals surface area contributed by atoms with Crippen LogP contribution in [-0.4, -0.2) is 9.78 Å². The van der Waals surface area contributed by atoms with E-state index in [-0.39, 0.29) is 0 Å². The van der Waals surface area contributed by atoms with Gasteiger partial charge in [-0.3, -0.25) is 0 Å². The fourth-order valence-electron chi connectivity index (χ4n) is 1.68. The van der Waals surface area contributed by atoms with E-state index in [4.69, 9.17) is 21.6 Å². The molecule has 1 heterocycles. The van der Waals surface area contributed by atoms with Crippen molar-refractivity contribution >= 4 is 11.6 Å². The fourth-order valence-corrected chi connectivity index (χ4v) is 1.79. The third-order valence-corrected chi connectivity index (χ3v) is 3.05. The molecule has 92 valence electrons. The van der Waals surface area contributed by atoms with Crippen molar-refractivity contribution in [3.63, 3.8) is 0 Å². The molecule has 0 fully saturated rings. The van der Waals surface area contributed by atoms with Crippen molar-refractivity contribution in [1.29, 1.82) is 5.26 Å². The van der Waals surface area contributed by atoms with Gasteiger partial charge in [0.05, 0.1) is 5.69 Å². The average molecular weight is 262 g/mol. The summed E-state index contributed by atoms with van der Waals surface area (Å²) in [6.45, 7) is 3.67. The summed E-state index contributed by atoms with van der Waals surface area (Å²) < 4.78 is 7.26. The average Bonchev–Trinajstić information content (AvgIpc) is 2.58. The van der Waals surface area contributed by atoms with Crippen molar-refractivity contribution in [2.75, 3.05) is 0 Å². The second kappa shape index (κ2) is 4.71. The maximum Gasteiger partial charge on any atom is 0.235 e. The Hall–Kier alpha value is -1.99. The SMILES string of the molecule is Cc1cc(Oc2c(C#N)c(C)nn2C)ccc1Cl. The van der Waals surface area contributed by atoms with Gasteiger partial charge in [-0.25, -0.2) is 4.68 Å². The van der Waals surface area contributed by atoms with Crippen LogP contribution in [0.15, 0.2) is 18.2 Å². The molecule has 0 spiro atoms. The molecular weight excluding hydrogens is 250 g/mol. The zero-order valence-corrected chi connectivity index (χ0v) is 11.1. The van der Waals surface area contributed by atoms with Crippen LogP contribution in [0.4, 0.5) is 0 Å². The molecule has 0 N–H and O–H groups in total. The van der Waals surface area contributed by atoms with Crippen LogP contribution in [0.25, 0.3) is 0 Å². The highest BCUT2D eigenvalue weighted by molar-refractivity contribution is 6.31. The number of rotatable bonds is 2. The Kier molecular flexibility index (Phi) is 3.26. The topological polar surface area (TPSA) is 50.8 Å². The molecule has 0 unspecified atom stereocenters. The van der Waals surface area contributed by atoms with Crippen molar-refractivity contribution in [1.82, 2.24) is 9.78 Å². The lowest BCUT2D eigenvalue weighted by Crippen LogP contribution is -1.96. The normalized spacial score (nSPS) is 10.2. The lowest BCUT2D eigenvalue weighted by atomic mass is 10.2. The largest absolute Gasteiger partial charge is 0.438 e. The molecule has 0 atom stereocenters. The van der Waals surface area contributed by atoms with Gasteiger partial charge in [-0.15, -0.1) is 0 Å². The highest BCUT2D eigenvalue weighted by Crippen LogP contribution is 2.28. The molecule has 2 rings (SSSR count). The second-order valence-electron chi connectivity index (χ2n) is 4.01. The summed E-state index contributed by atoms with van der Waals surface area (Å²) >= 11 is 5.95. The number of ether oxygens (including phenoxy) is 1. The Labute approximate surface area is 110 Å². The molecule has 1 aromatic heterocycles. The first-order valence-electron chi connectivity index (χ1n) is 5.40. The van der Waals surface area contributed by atoms with Crippen LogP contribution in [0.2, 0.25) is 5.02 Å². The van der Waals surface area contributed by atoms with Gasteiger partial charge in [-0.1, -0.05) is 11.6 Å². The number of hydrogen-bond donors (Lipinski definition) is 0. The Morgan fingerprint density at radius 1 is 1.39 bits per heavy atom. The summed E-state index contributed by atoms with van der Waals surface area (Å²) in [5, 5.41) is 13.9. The van der Waals surface area contributed by atoms with Crippen molar-refractivity contribution < 1.29 is 4.74 Å². The highest BCUT2D eigenvalue weighted by atomic mass is 35.5. The quantitative estimate of drug-likeness (QED) is 0.833. The van der Waals surface area contributed by atoms with Gasteiger partial charge in [-0.05, 0) is 37.6 Å². The van der Waals surface area contributed by atoms with E-state index in [0.29, 0.717) is 27.9 Å². The van der Waals surface area contributed by atoms with E-state index in [0.717, 1.165) is 5.56 Å². The maximum atomic E-state index is 9.08. The molecular formula is C13H12ClN3O. The van der Waals surface area contributed by atoms with Crippen LogP contribution in [0.5, 0.6) is 11.6 Å². The predicted molar refractivity (Wildman–Crippen MR) is 68.9 cm³/mol. The highest BCUT2D eigenvalue weighted by Gasteiger charge is 2.15. The number of benzene rings is 1. The summed E-state index contributed by atoms with van der Waals surface area (Å²) in [5.41, 5.74) is 2.03. The summed E-state index contributed by atoms with van der Waals surface area (Å²) in [6.07, 6.45) is 0. The Bertz CT molecular complexity index is 640. The van der Waals surface area contributed by atoms with Crippen LogP contribution in [0.3, 0.4) is 0 Å². The van der Waals surface area contributed by atoms with Gasteiger partial charge in [0.2, 0.25) is 5.88 Å². The van der Waals surface area contributed by atoms with E-state index >= 15 is 0 Å². The van der Waals surface area contributed by atoms with Gasteiger partial charge < -0.3 is 4.74 Å². The van der Waals surface area contributed by atoms with Gasteiger partial charge in [0.15, 0.2) is 0 Å². The molecule has 0 radical (unpaired) electrons. The summed E-state index contributed by atoms with van der Waals surface area (Å²) in [6, 6.07) is 7.45. The van der Waals surface area contributed by atoms with E-state index in [1.165, 1.54) is 0 Å². The van der Waals surface area contributed by atoms with E-state index < -0.39 is 0 Å². The summed E-state index contributed by atoms with van der Waals surface area (Å²) in [5.74, 6) is 1.08. The molecule has 0 aliphatic heterocycles. The van der Waals surface area contributed by atoms with Crippen molar-refractivity contribution in [3.05, 3.63) is 40.0 Å². The third kappa shape index (κ3) is 2.18. The van der Waals surface area contributed by atoms with Gasteiger partial charge >= 0.3 is 0 Å². The van der Waals surface area contributed by atoms with Crippen LogP contribution in [-0.2, 0) is 7.05 Å². The van der Waals surface area contributed by atoms with Crippen molar-refractivity contribution in [3.8, 4) is 17.7 Å². The number of halogens is 1. The Morgan fingerprint density at radius 2 is 2.11 bits per heavy atom. The van der Waals surface area contributed by atoms with Crippen molar-refractivity contribution in [2.45, 2.75) is 13.8 Å². The Morgan fingerprint density at radius 3 is 2.72 bits per heavy atom. The minimum Gasteiger partial charge on any atom is -0.438 e. The maximum absolute atomic E-state index is 9.08. The number of nitriles is 1. The molecule has 0 aliphatic rings. The van der Waals surface area contributed by atoms with Gasteiger partial charge in [0.25, 0.3) is 0 Å². The predicted octanol–water partition coefficient (Wildman–Crippen LogP) is 3.35. The second-order valence-corrected chi connectivity index (χ2v) is 4.42. The molecule has 0 saturated carbocycles. The zero-order valence-electron chi connectivity index (χ0n) is 10.4. The number of aromatic nitrogens is 2. The van der Waals surface area contributed by atoms with E-state index in [9.17, 15) is 0 Å². The Balaban J connectivity index is 2.40. The minimum atomic E-state index is 0.441. The van der Waals surface area contributed by atoms with E-state index in [1.807, 2.05) is 13.0 Å². The van der Waals surface area contributed by atoms with Gasteiger partial charge in [-0.2, -0.15) is 10.4 Å². The molecule has 0 saturated heterocycles.